The average molecular weight is 308 g/mol. The zero-order valence-electron chi connectivity index (χ0n) is 7.03. The van der Waals surface area contributed by atoms with Crippen molar-refractivity contribution in [2.24, 2.45) is 0 Å². The first-order valence-corrected chi connectivity index (χ1v) is 6.27. The molecule has 0 aliphatic heterocycles. The van der Waals surface area contributed by atoms with Gasteiger partial charge in [0.05, 0.1) is 6.61 Å². The van der Waals surface area contributed by atoms with Crippen LogP contribution in [-0.2, 0) is 11.9 Å². The minimum absolute atomic E-state index is 0.288. The summed E-state index contributed by atoms with van der Waals surface area (Å²) in [6, 6.07) is 0. The maximum atomic E-state index is 10.7. The highest BCUT2D eigenvalue weighted by molar-refractivity contribution is 14.1. The van der Waals surface area contributed by atoms with Crippen LogP contribution in [-0.4, -0.2) is 11.5 Å². The van der Waals surface area contributed by atoms with Gasteiger partial charge < -0.3 is 4.89 Å². The Kier molecular flexibility index (Phi) is 7.77. The molecule has 1 unspecified atom stereocenters. The maximum Gasteiger partial charge on any atom is 0.481 e. The number of halogens is 1. The van der Waals surface area contributed by atoms with Gasteiger partial charge >= 0.3 is 7.82 Å². The van der Waals surface area contributed by atoms with Crippen LogP contribution in [0, 0.1) is 0 Å². The van der Waals surface area contributed by atoms with Gasteiger partial charge in [0.25, 0.3) is 0 Å². The highest BCUT2D eigenvalue weighted by Crippen LogP contribution is 2.45. The van der Waals surface area contributed by atoms with Crippen molar-refractivity contribution in [1.29, 1.82) is 0 Å². The van der Waals surface area contributed by atoms with Gasteiger partial charge in [0.15, 0.2) is 0 Å². The van der Waals surface area contributed by atoms with Crippen LogP contribution in [0.15, 0.2) is 0 Å². The van der Waals surface area contributed by atoms with Crippen LogP contribution in [0.4, 0.5) is 0 Å². The third kappa shape index (κ3) is 7.49. The van der Waals surface area contributed by atoms with E-state index in [0.29, 0.717) is 0 Å². The van der Waals surface area contributed by atoms with E-state index in [4.69, 9.17) is 4.89 Å². The molecule has 1 N–H and O–H groups in total. The predicted octanol–water partition coefficient (Wildman–Crippen LogP) is 3.05. The summed E-state index contributed by atoms with van der Waals surface area (Å²) in [6.45, 7) is 2.39. The van der Waals surface area contributed by atoms with E-state index in [2.05, 4.69) is 14.3 Å². The van der Waals surface area contributed by atoms with E-state index in [0.717, 1.165) is 25.7 Å². The molecule has 0 saturated carbocycles. The number of phosphoric ester groups is 1. The fourth-order valence-electron chi connectivity index (χ4n) is 0.729. The Bertz CT molecular complexity index is 152. The summed E-state index contributed by atoms with van der Waals surface area (Å²) in [5.74, 6) is 0. The molecule has 0 aliphatic carbocycles. The van der Waals surface area contributed by atoms with E-state index < -0.39 is 7.82 Å². The second-order valence-corrected chi connectivity index (χ2v) is 4.95. The van der Waals surface area contributed by atoms with Crippen molar-refractivity contribution in [3.8, 4) is 0 Å². The molecule has 0 aromatic heterocycles. The third-order valence-corrected chi connectivity index (χ3v) is 3.52. The molecule has 4 nitrogen and oxygen atoms in total. The van der Waals surface area contributed by atoms with E-state index in [-0.39, 0.29) is 6.61 Å². The van der Waals surface area contributed by atoms with Gasteiger partial charge in [-0.3, -0.25) is 4.52 Å². The summed E-state index contributed by atoms with van der Waals surface area (Å²) in [5.41, 5.74) is 0. The summed E-state index contributed by atoms with van der Waals surface area (Å²) in [5, 5.41) is 0. The maximum absolute atomic E-state index is 10.7. The number of hydrogen-bond donors (Lipinski definition) is 1. The second kappa shape index (κ2) is 7.26. The lowest BCUT2D eigenvalue weighted by molar-refractivity contribution is 0.214. The number of phosphoric acid groups is 1. The average Bonchev–Trinajstić information content (AvgIpc) is 2.04. The molecule has 0 rings (SSSR count). The fraction of sp³-hybridized carbons (Fsp3) is 1.00. The summed E-state index contributed by atoms with van der Waals surface area (Å²) < 4.78 is 19.5. The number of rotatable bonds is 7. The van der Waals surface area contributed by atoms with E-state index in [9.17, 15) is 4.57 Å². The van der Waals surface area contributed by atoms with Gasteiger partial charge in [-0.1, -0.05) is 26.2 Å². The molecule has 1 atom stereocenters. The normalized spacial score (nSPS) is 15.9. The Balaban J connectivity index is 3.25. The molecule has 0 bridgehead atoms. The molecule has 0 fully saturated rings. The third-order valence-electron chi connectivity index (χ3n) is 1.34. The Labute approximate surface area is 86.9 Å². The zero-order chi connectivity index (χ0) is 9.45. The van der Waals surface area contributed by atoms with Crippen molar-refractivity contribution in [1.82, 2.24) is 0 Å². The molecule has 0 aromatic rings. The Morgan fingerprint density at radius 3 is 2.58 bits per heavy atom. The topological polar surface area (TPSA) is 55.8 Å². The number of hydrogen-bond acceptors (Lipinski definition) is 3. The Morgan fingerprint density at radius 1 is 1.42 bits per heavy atom. The van der Waals surface area contributed by atoms with E-state index in [1.807, 2.05) is 0 Å². The van der Waals surface area contributed by atoms with E-state index >= 15 is 0 Å². The SMILES string of the molecule is CCCCCCOP(=O)(O)OI. The van der Waals surface area contributed by atoms with Gasteiger partial charge in [0, 0.05) is 0 Å². The lowest BCUT2D eigenvalue weighted by atomic mass is 10.2. The molecular weight excluding hydrogens is 294 g/mol. The van der Waals surface area contributed by atoms with Crippen molar-refractivity contribution in [2.45, 2.75) is 32.6 Å². The van der Waals surface area contributed by atoms with Crippen molar-refractivity contribution >= 4 is 30.8 Å². The lowest BCUT2D eigenvalue weighted by Gasteiger charge is -2.06. The van der Waals surface area contributed by atoms with E-state index in [1.165, 1.54) is 23.0 Å². The van der Waals surface area contributed by atoms with Gasteiger partial charge in [-0.15, -0.1) is 0 Å². The molecule has 0 heterocycles. The van der Waals surface area contributed by atoms with Gasteiger partial charge in [0.2, 0.25) is 0 Å². The molecule has 0 radical (unpaired) electrons. The molecule has 74 valence electrons. The first kappa shape index (κ1) is 12.8. The van der Waals surface area contributed by atoms with Gasteiger partial charge in [0.1, 0.15) is 23.0 Å². The molecular formula is C6H14IO4P. The number of unbranched alkanes of at least 4 members (excludes halogenated alkanes) is 3. The van der Waals surface area contributed by atoms with Crippen molar-refractivity contribution in [3.05, 3.63) is 0 Å². The van der Waals surface area contributed by atoms with Crippen LogP contribution < -0.4 is 0 Å². The Hall–Kier alpha value is 0.840. The first-order chi connectivity index (χ1) is 5.62. The van der Waals surface area contributed by atoms with Gasteiger partial charge in [-0.05, 0) is 6.42 Å². The lowest BCUT2D eigenvalue weighted by Crippen LogP contribution is -1.92. The standard InChI is InChI=1S/C6H14IO4P/c1-2-3-4-5-6-10-12(8,9)11-7/h2-6H2,1H3,(H,8,9). The van der Waals surface area contributed by atoms with Crippen LogP contribution in [0.3, 0.4) is 0 Å². The van der Waals surface area contributed by atoms with Crippen LogP contribution in [0.25, 0.3) is 0 Å². The van der Waals surface area contributed by atoms with Gasteiger partial charge in [-0.2, -0.15) is 0 Å². The zero-order valence-corrected chi connectivity index (χ0v) is 10.1. The van der Waals surface area contributed by atoms with Crippen molar-refractivity contribution in [3.63, 3.8) is 0 Å². The van der Waals surface area contributed by atoms with Crippen molar-refractivity contribution in [2.75, 3.05) is 6.61 Å². The smallest absolute Gasteiger partial charge is 0.302 e. The summed E-state index contributed by atoms with van der Waals surface area (Å²) >= 11 is 1.36. The minimum Gasteiger partial charge on any atom is -0.302 e. The molecule has 6 heteroatoms. The van der Waals surface area contributed by atoms with Crippen molar-refractivity contribution < 1.29 is 16.8 Å². The van der Waals surface area contributed by atoms with Gasteiger partial charge in [-0.25, -0.2) is 7.42 Å². The monoisotopic (exact) mass is 308 g/mol. The molecule has 12 heavy (non-hydrogen) atoms. The fourth-order valence-corrected chi connectivity index (χ4v) is 1.47. The molecule has 0 spiro atoms. The predicted molar refractivity (Wildman–Crippen MR) is 55.0 cm³/mol. The van der Waals surface area contributed by atoms with Crippen LogP contribution >= 0.6 is 30.8 Å². The van der Waals surface area contributed by atoms with E-state index in [1.54, 1.807) is 0 Å². The van der Waals surface area contributed by atoms with Crippen LogP contribution in [0.5, 0.6) is 0 Å². The second-order valence-electron chi connectivity index (χ2n) is 2.43. The largest absolute Gasteiger partial charge is 0.481 e. The van der Waals surface area contributed by atoms with Crippen LogP contribution in [0.1, 0.15) is 32.6 Å². The van der Waals surface area contributed by atoms with Crippen LogP contribution in [0.2, 0.25) is 0 Å². The summed E-state index contributed by atoms with van der Waals surface area (Å²) in [7, 11) is -3.74. The minimum atomic E-state index is -3.74. The highest BCUT2D eigenvalue weighted by atomic mass is 127. The molecule has 0 saturated heterocycles. The molecule has 0 amide bonds. The summed E-state index contributed by atoms with van der Waals surface area (Å²) in [4.78, 5) is 8.78. The summed E-state index contributed by atoms with van der Waals surface area (Å²) in [6.07, 6.45) is 4.10. The molecule has 0 aliphatic rings. The Morgan fingerprint density at radius 2 is 2.08 bits per heavy atom. The quantitative estimate of drug-likeness (QED) is 0.446. The first-order valence-electron chi connectivity index (χ1n) is 3.90. The highest BCUT2D eigenvalue weighted by Gasteiger charge is 2.18. The molecule has 0 aromatic carbocycles.